The second-order valence-electron chi connectivity index (χ2n) is 4.79. The van der Waals surface area contributed by atoms with Crippen LogP contribution in [0.1, 0.15) is 18.0 Å². The predicted molar refractivity (Wildman–Crippen MR) is 76.5 cm³/mol. The molecule has 0 saturated carbocycles. The van der Waals surface area contributed by atoms with Gasteiger partial charge in [0.15, 0.2) is 0 Å². The Labute approximate surface area is 131 Å². The van der Waals surface area contributed by atoms with Gasteiger partial charge in [-0.1, -0.05) is 11.6 Å². The van der Waals surface area contributed by atoms with Crippen LogP contribution in [0.2, 0.25) is 5.02 Å². The number of hydrogen-bond donors (Lipinski definition) is 1. The van der Waals surface area contributed by atoms with Crippen molar-refractivity contribution in [3.63, 3.8) is 0 Å². The molecule has 120 valence electrons. The summed E-state index contributed by atoms with van der Waals surface area (Å²) in [5, 5.41) is 3.31. The van der Waals surface area contributed by atoms with Crippen LogP contribution < -0.4 is 5.32 Å². The fourth-order valence-corrected chi connectivity index (χ4v) is 2.60. The minimum absolute atomic E-state index is 0. The summed E-state index contributed by atoms with van der Waals surface area (Å²) in [6, 6.07) is 2.71. The Morgan fingerprint density at radius 1 is 1.24 bits per heavy atom. The molecule has 1 heterocycles. The molecule has 0 bridgehead atoms. The molecule has 2 nitrogen and oxygen atoms in total. The Morgan fingerprint density at radius 2 is 1.86 bits per heavy atom. The molecule has 2 rings (SSSR count). The number of rotatable bonds is 3. The standard InChI is InChI=1S/C13H15ClF4N2.ClH/c14-9-1-2-11(15)10(7-9)12(8-13(16,17)18)20-5-3-19-4-6-20;/h1-2,7,12,19H,3-6,8H2;1H/t12-;/m1./s1. The predicted octanol–water partition coefficient (Wildman–Crippen LogP) is 3.80. The van der Waals surface area contributed by atoms with E-state index in [1.54, 1.807) is 4.90 Å². The monoisotopic (exact) mass is 346 g/mol. The smallest absolute Gasteiger partial charge is 0.314 e. The zero-order valence-electron chi connectivity index (χ0n) is 11.1. The molecule has 1 aromatic carbocycles. The van der Waals surface area contributed by atoms with E-state index >= 15 is 0 Å². The summed E-state index contributed by atoms with van der Waals surface area (Å²) in [6.07, 6.45) is -5.44. The van der Waals surface area contributed by atoms with Gasteiger partial charge in [0.25, 0.3) is 0 Å². The fourth-order valence-electron chi connectivity index (χ4n) is 2.42. The van der Waals surface area contributed by atoms with Gasteiger partial charge in [-0.3, -0.25) is 4.90 Å². The topological polar surface area (TPSA) is 15.3 Å². The molecule has 0 aromatic heterocycles. The molecule has 1 atom stereocenters. The first kappa shape index (κ1) is 18.5. The normalized spacial score (nSPS) is 18.1. The van der Waals surface area contributed by atoms with Crippen LogP contribution in [0.3, 0.4) is 0 Å². The lowest BCUT2D eigenvalue weighted by Gasteiger charge is -2.35. The second kappa shape index (κ2) is 7.63. The molecule has 0 spiro atoms. The fraction of sp³-hybridized carbons (Fsp3) is 0.538. The second-order valence-corrected chi connectivity index (χ2v) is 5.22. The van der Waals surface area contributed by atoms with Crippen molar-refractivity contribution in [1.29, 1.82) is 0 Å². The third-order valence-corrected chi connectivity index (χ3v) is 3.57. The van der Waals surface area contributed by atoms with Gasteiger partial charge in [0, 0.05) is 42.8 Å². The SMILES string of the molecule is Cl.Fc1ccc(Cl)cc1[C@@H](CC(F)(F)F)N1CCNCC1. The van der Waals surface area contributed by atoms with Crippen LogP contribution in [0.5, 0.6) is 0 Å². The zero-order valence-corrected chi connectivity index (χ0v) is 12.7. The van der Waals surface area contributed by atoms with Crippen molar-refractivity contribution in [3.05, 3.63) is 34.6 Å². The lowest BCUT2D eigenvalue weighted by molar-refractivity contribution is -0.149. The molecule has 0 radical (unpaired) electrons. The van der Waals surface area contributed by atoms with Gasteiger partial charge in [0.1, 0.15) is 5.82 Å². The van der Waals surface area contributed by atoms with E-state index in [1.807, 2.05) is 0 Å². The van der Waals surface area contributed by atoms with Gasteiger partial charge < -0.3 is 5.32 Å². The van der Waals surface area contributed by atoms with Crippen LogP contribution in [0.4, 0.5) is 17.6 Å². The third-order valence-electron chi connectivity index (χ3n) is 3.33. The molecule has 21 heavy (non-hydrogen) atoms. The van der Waals surface area contributed by atoms with E-state index in [1.165, 1.54) is 12.1 Å². The first-order valence-corrected chi connectivity index (χ1v) is 6.71. The molecule has 1 aromatic rings. The van der Waals surface area contributed by atoms with Crippen LogP contribution in [0.15, 0.2) is 18.2 Å². The van der Waals surface area contributed by atoms with Crippen LogP contribution in [-0.2, 0) is 0 Å². The minimum Gasteiger partial charge on any atom is -0.314 e. The highest BCUT2D eigenvalue weighted by atomic mass is 35.5. The molecular formula is C13H16Cl2F4N2. The highest BCUT2D eigenvalue weighted by molar-refractivity contribution is 6.30. The number of nitrogens with one attached hydrogen (secondary N) is 1. The van der Waals surface area contributed by atoms with Gasteiger partial charge in [0.05, 0.1) is 6.42 Å². The Bertz CT molecular complexity index is 462. The van der Waals surface area contributed by atoms with Gasteiger partial charge in [-0.15, -0.1) is 12.4 Å². The highest BCUT2D eigenvalue weighted by Gasteiger charge is 2.37. The molecule has 1 fully saturated rings. The summed E-state index contributed by atoms with van der Waals surface area (Å²) in [7, 11) is 0. The summed E-state index contributed by atoms with van der Waals surface area (Å²) in [5.41, 5.74) is 0.0109. The Hall–Kier alpha value is -0.560. The molecule has 0 unspecified atom stereocenters. The summed E-state index contributed by atoms with van der Waals surface area (Å²) in [4.78, 5) is 1.65. The third kappa shape index (κ3) is 5.29. The lowest BCUT2D eigenvalue weighted by atomic mass is 10.00. The maximum atomic E-state index is 13.9. The summed E-state index contributed by atoms with van der Waals surface area (Å²) in [6.45, 7) is 2.09. The van der Waals surface area contributed by atoms with E-state index in [-0.39, 0.29) is 23.0 Å². The van der Waals surface area contributed by atoms with E-state index in [0.717, 1.165) is 6.07 Å². The number of halogens is 6. The average molecular weight is 347 g/mol. The van der Waals surface area contributed by atoms with Gasteiger partial charge >= 0.3 is 6.18 Å². The van der Waals surface area contributed by atoms with Crippen molar-refractivity contribution < 1.29 is 17.6 Å². The minimum atomic E-state index is -4.36. The molecular weight excluding hydrogens is 331 g/mol. The summed E-state index contributed by atoms with van der Waals surface area (Å²) >= 11 is 5.79. The van der Waals surface area contributed by atoms with Crippen LogP contribution in [0, 0.1) is 5.82 Å². The summed E-state index contributed by atoms with van der Waals surface area (Å²) < 4.78 is 52.2. The van der Waals surface area contributed by atoms with Crippen molar-refractivity contribution in [2.45, 2.75) is 18.6 Å². The zero-order chi connectivity index (χ0) is 14.8. The van der Waals surface area contributed by atoms with E-state index in [9.17, 15) is 17.6 Å². The van der Waals surface area contributed by atoms with Crippen LogP contribution in [-0.4, -0.2) is 37.3 Å². The van der Waals surface area contributed by atoms with Gasteiger partial charge in [-0.05, 0) is 18.2 Å². The maximum Gasteiger partial charge on any atom is 0.390 e. The Kier molecular flexibility index (Phi) is 6.71. The van der Waals surface area contributed by atoms with Gasteiger partial charge in [-0.2, -0.15) is 13.2 Å². The average Bonchev–Trinajstić information content (AvgIpc) is 2.39. The number of nitrogens with zero attached hydrogens (tertiary/aromatic N) is 1. The van der Waals surface area contributed by atoms with Crippen LogP contribution >= 0.6 is 24.0 Å². The van der Waals surface area contributed by atoms with E-state index < -0.39 is 24.5 Å². The van der Waals surface area contributed by atoms with Crippen molar-refractivity contribution in [2.75, 3.05) is 26.2 Å². The lowest BCUT2D eigenvalue weighted by Crippen LogP contribution is -2.46. The molecule has 0 aliphatic carbocycles. The van der Waals surface area contributed by atoms with Gasteiger partial charge in [0.2, 0.25) is 0 Å². The largest absolute Gasteiger partial charge is 0.390 e. The summed E-state index contributed by atoms with van der Waals surface area (Å²) in [5.74, 6) is -0.651. The van der Waals surface area contributed by atoms with Crippen molar-refractivity contribution in [3.8, 4) is 0 Å². The molecule has 1 N–H and O–H groups in total. The number of hydrogen-bond acceptors (Lipinski definition) is 2. The number of piperazine rings is 1. The first-order chi connectivity index (χ1) is 9.37. The Balaban J connectivity index is 0.00000220. The molecule has 1 aliphatic heterocycles. The highest BCUT2D eigenvalue weighted by Crippen LogP contribution is 2.36. The Morgan fingerprint density at radius 3 is 2.43 bits per heavy atom. The molecule has 8 heteroatoms. The molecule has 1 saturated heterocycles. The van der Waals surface area contributed by atoms with Crippen molar-refractivity contribution in [2.24, 2.45) is 0 Å². The number of benzene rings is 1. The maximum absolute atomic E-state index is 13.9. The molecule has 1 aliphatic rings. The van der Waals surface area contributed by atoms with Gasteiger partial charge in [-0.25, -0.2) is 4.39 Å². The quantitative estimate of drug-likeness (QED) is 0.837. The number of alkyl halides is 3. The van der Waals surface area contributed by atoms with E-state index in [0.29, 0.717) is 26.2 Å². The van der Waals surface area contributed by atoms with Crippen LogP contribution in [0.25, 0.3) is 0 Å². The van der Waals surface area contributed by atoms with E-state index in [2.05, 4.69) is 5.32 Å². The van der Waals surface area contributed by atoms with Crippen molar-refractivity contribution >= 4 is 24.0 Å². The van der Waals surface area contributed by atoms with E-state index in [4.69, 9.17) is 11.6 Å². The van der Waals surface area contributed by atoms with Crippen molar-refractivity contribution in [1.82, 2.24) is 10.2 Å². The molecule has 0 amide bonds. The first-order valence-electron chi connectivity index (χ1n) is 6.33.